The van der Waals surface area contributed by atoms with Crippen LogP contribution in [0.5, 0.6) is 11.8 Å². The molecule has 8 heteroatoms. The van der Waals surface area contributed by atoms with Gasteiger partial charge in [-0.15, -0.1) is 0 Å². The molecule has 1 saturated heterocycles. The number of benzene rings is 3. The largest absolute Gasteiger partial charge is 0.424 e. The van der Waals surface area contributed by atoms with E-state index in [1.54, 1.807) is 0 Å². The van der Waals surface area contributed by atoms with Crippen LogP contribution in [0.2, 0.25) is 0 Å². The summed E-state index contributed by atoms with van der Waals surface area (Å²) in [4.78, 5) is 16.8. The molecule has 2 aliphatic rings. The third-order valence-corrected chi connectivity index (χ3v) is 8.08. The van der Waals surface area contributed by atoms with Gasteiger partial charge in [0.15, 0.2) is 17.0 Å². The normalized spacial score (nSPS) is 15.8. The van der Waals surface area contributed by atoms with Crippen LogP contribution in [-0.4, -0.2) is 45.8 Å². The quantitative estimate of drug-likeness (QED) is 0.215. The first-order valence-corrected chi connectivity index (χ1v) is 15.4. The Balaban J connectivity index is 0.00000155. The third-order valence-electron chi connectivity index (χ3n) is 8.08. The summed E-state index contributed by atoms with van der Waals surface area (Å²) in [6.45, 7) is 8.26. The lowest BCUT2D eigenvalue weighted by molar-refractivity contribution is 0.122. The first kappa shape index (κ1) is 28.0. The number of fused-ring (bicyclic) bond motifs is 2. The summed E-state index contributed by atoms with van der Waals surface area (Å²) in [5, 5.41) is 5.65. The molecule has 42 heavy (non-hydrogen) atoms. The minimum absolute atomic E-state index is 0.307. The van der Waals surface area contributed by atoms with Crippen molar-refractivity contribution in [2.24, 2.45) is 5.92 Å². The highest BCUT2D eigenvalue weighted by molar-refractivity contribution is 5.89. The van der Waals surface area contributed by atoms with Gasteiger partial charge in [0.25, 0.3) is 0 Å². The van der Waals surface area contributed by atoms with E-state index in [0.717, 1.165) is 66.2 Å². The molecule has 0 unspecified atom stereocenters. The Morgan fingerprint density at radius 2 is 1.64 bits per heavy atom. The van der Waals surface area contributed by atoms with Crippen molar-refractivity contribution in [3.05, 3.63) is 73.1 Å². The summed E-state index contributed by atoms with van der Waals surface area (Å²) in [6, 6.07) is 23.0. The molecule has 1 N–H and O–H groups in total. The van der Waals surface area contributed by atoms with Crippen molar-refractivity contribution in [2.45, 2.75) is 52.5 Å². The molecule has 2 fully saturated rings. The van der Waals surface area contributed by atoms with Gasteiger partial charge in [-0.25, -0.2) is 4.98 Å². The number of anilines is 3. The molecule has 218 valence electrons. The average Bonchev–Trinajstić information content (AvgIpc) is 3.46. The molecule has 1 saturated carbocycles. The standard InChI is InChI=1S/C32H34N6O2.C2H6/c1-2-7-23(8-3-1)21-38-22-33-29-30(34-25-13-15-26(16-14-25)37-17-19-39-20-18-37)35-32(36-31(29)38)40-28-12-6-10-24-9-4-5-11-27(24)28;1-2/h4-6,9-16,22-23H,1-3,7-8,17-21H2,(H,34,35,36);1-2H3. The first-order chi connectivity index (χ1) is 20.8. The van der Waals surface area contributed by atoms with Crippen molar-refractivity contribution in [2.75, 3.05) is 36.5 Å². The van der Waals surface area contributed by atoms with Crippen molar-refractivity contribution in [3.63, 3.8) is 0 Å². The van der Waals surface area contributed by atoms with Crippen LogP contribution >= 0.6 is 0 Å². The molecule has 3 heterocycles. The van der Waals surface area contributed by atoms with Crippen molar-refractivity contribution in [3.8, 4) is 11.8 Å². The second-order valence-electron chi connectivity index (χ2n) is 10.8. The van der Waals surface area contributed by atoms with E-state index in [1.807, 2.05) is 44.4 Å². The van der Waals surface area contributed by atoms with Gasteiger partial charge in [0, 0.05) is 36.4 Å². The van der Waals surface area contributed by atoms with Crippen LogP contribution in [0.25, 0.3) is 21.9 Å². The number of nitrogens with zero attached hydrogens (tertiary/aromatic N) is 5. The Bertz CT molecular complexity index is 1600. The molecule has 0 bridgehead atoms. The Morgan fingerprint density at radius 1 is 0.881 bits per heavy atom. The fourth-order valence-electron chi connectivity index (χ4n) is 5.94. The summed E-state index contributed by atoms with van der Waals surface area (Å²) in [5.41, 5.74) is 3.68. The van der Waals surface area contributed by atoms with Crippen LogP contribution in [0.15, 0.2) is 73.1 Å². The van der Waals surface area contributed by atoms with Crippen LogP contribution in [0, 0.1) is 5.92 Å². The summed E-state index contributed by atoms with van der Waals surface area (Å²) >= 11 is 0. The number of aromatic nitrogens is 4. The number of nitrogens with one attached hydrogen (secondary N) is 1. The zero-order valence-electron chi connectivity index (χ0n) is 24.6. The van der Waals surface area contributed by atoms with Gasteiger partial charge in [-0.3, -0.25) is 0 Å². The van der Waals surface area contributed by atoms with Crippen molar-refractivity contribution in [1.82, 2.24) is 19.5 Å². The molecule has 0 radical (unpaired) electrons. The van der Waals surface area contributed by atoms with E-state index in [2.05, 4.69) is 57.2 Å². The van der Waals surface area contributed by atoms with E-state index in [0.29, 0.717) is 17.7 Å². The maximum absolute atomic E-state index is 6.37. The van der Waals surface area contributed by atoms with E-state index in [9.17, 15) is 0 Å². The Morgan fingerprint density at radius 3 is 2.45 bits per heavy atom. The van der Waals surface area contributed by atoms with Crippen molar-refractivity contribution >= 4 is 39.1 Å². The summed E-state index contributed by atoms with van der Waals surface area (Å²) in [6.07, 6.45) is 8.35. The van der Waals surface area contributed by atoms with Gasteiger partial charge in [0.05, 0.1) is 19.5 Å². The number of imidazole rings is 1. The molecule has 0 amide bonds. The minimum atomic E-state index is 0.307. The minimum Gasteiger partial charge on any atom is -0.424 e. The van der Waals surface area contributed by atoms with Crippen LogP contribution in [0.4, 0.5) is 17.2 Å². The predicted octanol–water partition coefficient (Wildman–Crippen LogP) is 7.96. The average molecular weight is 565 g/mol. The number of rotatable bonds is 7. The van der Waals surface area contributed by atoms with Crippen LogP contribution in [-0.2, 0) is 11.3 Å². The van der Waals surface area contributed by atoms with Gasteiger partial charge in [-0.05, 0) is 54.5 Å². The maximum Gasteiger partial charge on any atom is 0.326 e. The van der Waals surface area contributed by atoms with E-state index in [-0.39, 0.29) is 0 Å². The number of hydrogen-bond acceptors (Lipinski definition) is 7. The Kier molecular flexibility index (Phi) is 8.80. The van der Waals surface area contributed by atoms with Crippen LogP contribution in [0.3, 0.4) is 0 Å². The van der Waals surface area contributed by atoms with Gasteiger partial charge in [-0.1, -0.05) is 69.5 Å². The van der Waals surface area contributed by atoms with E-state index >= 15 is 0 Å². The van der Waals surface area contributed by atoms with Gasteiger partial charge in [-0.2, -0.15) is 9.97 Å². The first-order valence-electron chi connectivity index (χ1n) is 15.4. The number of ether oxygens (including phenoxy) is 2. The Hall–Kier alpha value is -4.17. The molecule has 2 aromatic heterocycles. The third kappa shape index (κ3) is 6.19. The summed E-state index contributed by atoms with van der Waals surface area (Å²) in [5.74, 6) is 2.02. The molecule has 7 rings (SSSR count). The maximum atomic E-state index is 6.37. The smallest absolute Gasteiger partial charge is 0.326 e. The molecular weight excluding hydrogens is 524 g/mol. The summed E-state index contributed by atoms with van der Waals surface area (Å²) in [7, 11) is 0. The highest BCUT2D eigenvalue weighted by Gasteiger charge is 2.20. The number of morpholine rings is 1. The van der Waals surface area contributed by atoms with Crippen molar-refractivity contribution < 1.29 is 9.47 Å². The second kappa shape index (κ2) is 13.2. The monoisotopic (exact) mass is 564 g/mol. The zero-order valence-corrected chi connectivity index (χ0v) is 24.6. The topological polar surface area (TPSA) is 77.3 Å². The lowest BCUT2D eigenvalue weighted by atomic mass is 9.89. The number of hydrogen-bond donors (Lipinski definition) is 1. The van der Waals surface area contributed by atoms with Crippen LogP contribution < -0.4 is 15.0 Å². The molecule has 8 nitrogen and oxygen atoms in total. The van der Waals surface area contributed by atoms with E-state index < -0.39 is 0 Å². The van der Waals surface area contributed by atoms with E-state index in [1.165, 1.54) is 37.8 Å². The molecule has 0 spiro atoms. The molecule has 5 aromatic rings. The molecular formula is C34H40N6O2. The molecule has 0 atom stereocenters. The van der Waals surface area contributed by atoms with Crippen LogP contribution in [0.1, 0.15) is 46.0 Å². The highest BCUT2D eigenvalue weighted by atomic mass is 16.5. The van der Waals surface area contributed by atoms with Gasteiger partial charge >= 0.3 is 6.01 Å². The highest BCUT2D eigenvalue weighted by Crippen LogP contribution is 2.33. The predicted molar refractivity (Wildman–Crippen MR) is 170 cm³/mol. The fraction of sp³-hybridized carbons (Fsp3) is 0.382. The van der Waals surface area contributed by atoms with Crippen molar-refractivity contribution in [1.29, 1.82) is 0 Å². The lowest BCUT2D eigenvalue weighted by Gasteiger charge is -2.28. The second-order valence-corrected chi connectivity index (χ2v) is 10.8. The van der Waals surface area contributed by atoms with Gasteiger partial charge in [0.1, 0.15) is 5.75 Å². The lowest BCUT2D eigenvalue weighted by Crippen LogP contribution is -2.36. The summed E-state index contributed by atoms with van der Waals surface area (Å²) < 4.78 is 14.0. The van der Waals surface area contributed by atoms with Gasteiger partial charge in [0.2, 0.25) is 0 Å². The molecule has 1 aliphatic carbocycles. The Labute approximate surface area is 247 Å². The molecule has 3 aromatic carbocycles. The molecule has 1 aliphatic heterocycles. The van der Waals surface area contributed by atoms with E-state index in [4.69, 9.17) is 24.4 Å². The van der Waals surface area contributed by atoms with Gasteiger partial charge < -0.3 is 24.3 Å². The SMILES string of the molecule is CC.c1ccc2c(Oc3nc(Nc4ccc(N5CCOCC5)cc4)c4ncn(CC5CCCCC5)c4n3)cccc2c1. The zero-order chi connectivity index (χ0) is 28.7. The fourth-order valence-corrected chi connectivity index (χ4v) is 5.94.